The van der Waals surface area contributed by atoms with Crippen LogP contribution in [0.1, 0.15) is 56.2 Å². The van der Waals surface area contributed by atoms with Crippen molar-refractivity contribution in [2.45, 2.75) is 51.7 Å². The highest BCUT2D eigenvalue weighted by Crippen LogP contribution is 2.38. The highest BCUT2D eigenvalue weighted by Gasteiger charge is 2.45. The lowest BCUT2D eigenvalue weighted by atomic mass is 10.0. The molecule has 2 heterocycles. The normalized spacial score (nSPS) is 16.6. The van der Waals surface area contributed by atoms with E-state index in [0.29, 0.717) is 22.6 Å². The van der Waals surface area contributed by atoms with Crippen molar-refractivity contribution in [3.63, 3.8) is 0 Å². The fraction of sp³-hybridized carbons (Fsp3) is 0.367. The SMILES string of the molecule is CCOC(=O)c1c(C#N)c(-c2ccc(Oc3ccccc3)cc2)cn1[C@H]1CN(C(=O)OC(C)(C)C)CC(F)(F)C1. The minimum Gasteiger partial charge on any atom is -0.461 e. The second-order valence-corrected chi connectivity index (χ2v) is 10.5. The van der Waals surface area contributed by atoms with Crippen LogP contribution in [0.25, 0.3) is 11.1 Å². The molecule has 4 rings (SSSR count). The first-order valence-corrected chi connectivity index (χ1v) is 12.9. The Bertz CT molecular complexity index is 1410. The molecule has 1 atom stereocenters. The number of para-hydroxylation sites is 1. The predicted molar refractivity (Wildman–Crippen MR) is 143 cm³/mol. The minimum absolute atomic E-state index is 0.00659. The van der Waals surface area contributed by atoms with Gasteiger partial charge in [0.2, 0.25) is 0 Å². The average molecular weight is 552 g/mol. The number of nitrogens with zero attached hydrogens (tertiary/aromatic N) is 3. The van der Waals surface area contributed by atoms with Crippen molar-refractivity contribution in [2.24, 2.45) is 0 Å². The quantitative estimate of drug-likeness (QED) is 0.312. The van der Waals surface area contributed by atoms with Crippen LogP contribution in [0.15, 0.2) is 60.8 Å². The van der Waals surface area contributed by atoms with Gasteiger partial charge < -0.3 is 23.7 Å². The third-order valence-electron chi connectivity index (χ3n) is 6.19. The fourth-order valence-corrected chi connectivity index (χ4v) is 4.60. The molecule has 1 amide bonds. The molecule has 1 aliphatic rings. The van der Waals surface area contributed by atoms with Crippen molar-refractivity contribution < 1.29 is 32.6 Å². The Morgan fingerprint density at radius 1 is 1.07 bits per heavy atom. The van der Waals surface area contributed by atoms with Crippen LogP contribution in [-0.4, -0.2) is 52.7 Å². The van der Waals surface area contributed by atoms with Crippen LogP contribution in [0.2, 0.25) is 0 Å². The van der Waals surface area contributed by atoms with Crippen molar-refractivity contribution in [1.29, 1.82) is 5.26 Å². The third kappa shape index (κ3) is 6.60. The topological polar surface area (TPSA) is 93.8 Å². The highest BCUT2D eigenvalue weighted by molar-refractivity contribution is 5.94. The fourth-order valence-electron chi connectivity index (χ4n) is 4.60. The molecule has 1 fully saturated rings. The Kier molecular flexibility index (Phi) is 8.14. The van der Waals surface area contributed by atoms with Gasteiger partial charge in [0, 0.05) is 24.7 Å². The Labute approximate surface area is 231 Å². The number of rotatable bonds is 6. The Balaban J connectivity index is 1.73. The van der Waals surface area contributed by atoms with Crippen molar-refractivity contribution >= 4 is 12.1 Å². The first-order chi connectivity index (χ1) is 18.9. The lowest BCUT2D eigenvalue weighted by Gasteiger charge is -2.39. The van der Waals surface area contributed by atoms with Gasteiger partial charge in [-0.1, -0.05) is 30.3 Å². The van der Waals surface area contributed by atoms with Gasteiger partial charge in [-0.05, 0) is 57.5 Å². The standard InChI is InChI=1S/C30H31F2N3O5/c1-5-38-27(36)26-24(16-33)25(20-11-13-23(14-12-20)39-22-9-7-6-8-10-22)18-35(26)21-15-30(31,32)19-34(17-21)28(37)40-29(2,3)4/h6-14,18,21H,5,15,17,19H2,1-4H3/t21-/m1/s1. The molecule has 210 valence electrons. The second kappa shape index (κ2) is 11.4. The zero-order valence-electron chi connectivity index (χ0n) is 22.8. The summed E-state index contributed by atoms with van der Waals surface area (Å²) < 4.78 is 47.6. The molecule has 1 saturated heterocycles. The summed E-state index contributed by atoms with van der Waals surface area (Å²) in [5.41, 5.74) is -0.0774. The number of piperidine rings is 1. The van der Waals surface area contributed by atoms with Crippen LogP contribution < -0.4 is 4.74 Å². The van der Waals surface area contributed by atoms with E-state index in [4.69, 9.17) is 14.2 Å². The van der Waals surface area contributed by atoms with E-state index in [9.17, 15) is 23.6 Å². The number of amides is 1. The minimum atomic E-state index is -3.25. The average Bonchev–Trinajstić information content (AvgIpc) is 3.28. The Hall–Kier alpha value is -4.39. The van der Waals surface area contributed by atoms with Crippen LogP contribution in [0.5, 0.6) is 11.5 Å². The summed E-state index contributed by atoms with van der Waals surface area (Å²) in [5, 5.41) is 10.1. The maximum Gasteiger partial charge on any atom is 0.410 e. The molecule has 0 aliphatic carbocycles. The van der Waals surface area contributed by atoms with Crippen LogP contribution in [0.3, 0.4) is 0 Å². The summed E-state index contributed by atoms with van der Waals surface area (Å²) in [6, 6.07) is 17.1. The molecule has 2 aromatic carbocycles. The molecule has 8 nitrogen and oxygen atoms in total. The molecule has 0 unspecified atom stereocenters. The number of hydrogen-bond acceptors (Lipinski definition) is 6. The maximum absolute atomic E-state index is 14.9. The predicted octanol–water partition coefficient (Wildman–Crippen LogP) is 6.81. The van der Waals surface area contributed by atoms with Crippen LogP contribution >= 0.6 is 0 Å². The van der Waals surface area contributed by atoms with Crippen LogP contribution in [-0.2, 0) is 9.47 Å². The van der Waals surface area contributed by atoms with E-state index in [1.807, 2.05) is 30.3 Å². The first kappa shape index (κ1) is 28.6. The van der Waals surface area contributed by atoms with Crippen LogP contribution in [0, 0.1) is 11.3 Å². The van der Waals surface area contributed by atoms with Gasteiger partial charge in [-0.15, -0.1) is 0 Å². The van der Waals surface area contributed by atoms with E-state index in [1.165, 1.54) is 10.8 Å². The number of ether oxygens (including phenoxy) is 3. The van der Waals surface area contributed by atoms with E-state index in [-0.39, 0.29) is 24.4 Å². The second-order valence-electron chi connectivity index (χ2n) is 10.5. The van der Waals surface area contributed by atoms with Gasteiger partial charge >= 0.3 is 12.1 Å². The van der Waals surface area contributed by atoms with Gasteiger partial charge in [-0.25, -0.2) is 18.4 Å². The zero-order chi connectivity index (χ0) is 29.1. The summed E-state index contributed by atoms with van der Waals surface area (Å²) >= 11 is 0. The summed E-state index contributed by atoms with van der Waals surface area (Å²) in [6.07, 6.45) is -0.0184. The lowest BCUT2D eigenvalue weighted by Crippen LogP contribution is -2.51. The number of nitriles is 1. The number of alkyl halides is 2. The molecule has 40 heavy (non-hydrogen) atoms. The third-order valence-corrected chi connectivity index (χ3v) is 6.19. The number of aromatic nitrogens is 1. The number of esters is 1. The van der Waals surface area contributed by atoms with Gasteiger partial charge in [0.05, 0.1) is 24.8 Å². The Morgan fingerprint density at radius 2 is 1.73 bits per heavy atom. The van der Waals surface area contributed by atoms with Crippen molar-refractivity contribution in [3.05, 3.63) is 72.1 Å². The van der Waals surface area contributed by atoms with E-state index in [1.54, 1.807) is 52.0 Å². The van der Waals surface area contributed by atoms with E-state index in [2.05, 4.69) is 6.07 Å². The molecule has 3 aromatic rings. The zero-order valence-corrected chi connectivity index (χ0v) is 22.8. The van der Waals surface area contributed by atoms with E-state index in [0.717, 1.165) is 4.90 Å². The lowest BCUT2D eigenvalue weighted by molar-refractivity contribution is -0.0840. The molecular formula is C30H31F2N3O5. The molecule has 0 radical (unpaired) electrons. The number of carbonyl (C=O) groups is 2. The molecular weight excluding hydrogens is 520 g/mol. The van der Waals surface area contributed by atoms with E-state index >= 15 is 0 Å². The summed E-state index contributed by atoms with van der Waals surface area (Å²) in [4.78, 5) is 26.7. The molecule has 10 heteroatoms. The van der Waals surface area contributed by atoms with Crippen molar-refractivity contribution in [2.75, 3.05) is 19.7 Å². The van der Waals surface area contributed by atoms with Gasteiger partial charge in [0.25, 0.3) is 5.92 Å². The van der Waals surface area contributed by atoms with Gasteiger partial charge in [-0.3, -0.25) is 0 Å². The van der Waals surface area contributed by atoms with Crippen molar-refractivity contribution in [3.8, 4) is 28.7 Å². The van der Waals surface area contributed by atoms with Gasteiger partial charge in [0.1, 0.15) is 28.9 Å². The molecule has 1 aromatic heterocycles. The molecule has 0 saturated carbocycles. The molecule has 0 spiro atoms. The number of benzene rings is 2. The van der Waals surface area contributed by atoms with Crippen LogP contribution in [0.4, 0.5) is 13.6 Å². The highest BCUT2D eigenvalue weighted by atomic mass is 19.3. The molecule has 0 bridgehead atoms. The summed E-state index contributed by atoms with van der Waals surface area (Å²) in [5.74, 6) is -2.86. The Morgan fingerprint density at radius 3 is 2.33 bits per heavy atom. The van der Waals surface area contributed by atoms with Gasteiger partial charge in [0.15, 0.2) is 0 Å². The smallest absolute Gasteiger partial charge is 0.410 e. The van der Waals surface area contributed by atoms with E-state index < -0.39 is 42.6 Å². The largest absolute Gasteiger partial charge is 0.461 e. The number of carbonyl (C=O) groups excluding carboxylic acids is 2. The number of likely N-dealkylation sites (tertiary alicyclic amines) is 1. The molecule has 0 N–H and O–H groups in total. The summed E-state index contributed by atoms with van der Waals surface area (Å²) in [7, 11) is 0. The summed E-state index contributed by atoms with van der Waals surface area (Å²) in [6.45, 7) is 5.64. The monoisotopic (exact) mass is 551 g/mol. The van der Waals surface area contributed by atoms with Crippen molar-refractivity contribution in [1.82, 2.24) is 9.47 Å². The van der Waals surface area contributed by atoms with Gasteiger partial charge in [-0.2, -0.15) is 5.26 Å². The maximum atomic E-state index is 14.9. The number of halogens is 2. The number of hydrogen-bond donors (Lipinski definition) is 0. The first-order valence-electron chi connectivity index (χ1n) is 12.9. The molecule has 1 aliphatic heterocycles.